The maximum Gasteiger partial charge on any atom is 0.337 e. The molecule has 0 saturated heterocycles. The summed E-state index contributed by atoms with van der Waals surface area (Å²) >= 11 is 6.34. The second-order valence-corrected chi connectivity index (χ2v) is 5.43. The van der Waals surface area contributed by atoms with Gasteiger partial charge in [0.25, 0.3) is 0 Å². The summed E-state index contributed by atoms with van der Waals surface area (Å²) in [5.74, 6) is 0.370. The van der Waals surface area contributed by atoms with Gasteiger partial charge in [-0.25, -0.2) is 9.59 Å². The molecule has 2 N–H and O–H groups in total. The lowest BCUT2D eigenvalue weighted by atomic mass is 9.95. The average Bonchev–Trinajstić information content (AvgIpc) is 2.54. The number of ether oxygens (including phenoxy) is 3. The van der Waals surface area contributed by atoms with Crippen molar-refractivity contribution < 1.29 is 23.8 Å². The minimum absolute atomic E-state index is 0.270. The molecule has 24 heavy (non-hydrogen) atoms. The number of allylic oxidation sites excluding steroid dienone is 1. The van der Waals surface area contributed by atoms with Crippen LogP contribution in [0.5, 0.6) is 11.5 Å². The number of carbonyl (C=O) groups is 2. The molecule has 8 heteroatoms. The molecule has 2 rings (SSSR count). The third-order valence-corrected chi connectivity index (χ3v) is 3.90. The molecular weight excluding hydrogens is 336 g/mol. The van der Waals surface area contributed by atoms with Crippen LogP contribution in [-0.4, -0.2) is 32.8 Å². The van der Waals surface area contributed by atoms with E-state index in [0.717, 1.165) is 0 Å². The number of rotatable bonds is 5. The molecule has 2 amide bonds. The molecule has 7 nitrogen and oxygen atoms in total. The molecule has 1 atom stereocenters. The molecule has 0 radical (unpaired) electrons. The smallest absolute Gasteiger partial charge is 0.337 e. The Morgan fingerprint density at radius 3 is 2.58 bits per heavy atom. The van der Waals surface area contributed by atoms with Gasteiger partial charge in [-0.2, -0.15) is 0 Å². The third kappa shape index (κ3) is 3.41. The van der Waals surface area contributed by atoms with Gasteiger partial charge in [-0.3, -0.25) is 0 Å². The Morgan fingerprint density at radius 2 is 2.00 bits per heavy atom. The topological polar surface area (TPSA) is 85.9 Å². The van der Waals surface area contributed by atoms with E-state index in [1.807, 2.05) is 6.92 Å². The molecule has 1 unspecified atom stereocenters. The molecule has 1 aromatic carbocycles. The van der Waals surface area contributed by atoms with Crippen molar-refractivity contribution in [2.45, 2.75) is 19.9 Å². The summed E-state index contributed by atoms with van der Waals surface area (Å²) < 4.78 is 15.6. The Morgan fingerprint density at radius 1 is 1.29 bits per heavy atom. The fraction of sp³-hybridized carbons (Fsp3) is 0.375. The van der Waals surface area contributed by atoms with Gasteiger partial charge in [-0.1, -0.05) is 11.6 Å². The van der Waals surface area contributed by atoms with E-state index in [0.29, 0.717) is 34.4 Å². The normalized spacial score (nSPS) is 17.0. The van der Waals surface area contributed by atoms with Crippen LogP contribution in [0.4, 0.5) is 4.79 Å². The molecule has 0 bridgehead atoms. The van der Waals surface area contributed by atoms with E-state index in [9.17, 15) is 9.59 Å². The van der Waals surface area contributed by atoms with E-state index >= 15 is 0 Å². The molecule has 1 aromatic rings. The number of amides is 2. The number of carbonyl (C=O) groups excluding carboxylic acids is 2. The highest BCUT2D eigenvalue weighted by molar-refractivity contribution is 6.31. The first-order valence-corrected chi connectivity index (χ1v) is 7.67. The van der Waals surface area contributed by atoms with E-state index < -0.39 is 18.0 Å². The maximum absolute atomic E-state index is 12.1. The Kier molecular flexibility index (Phi) is 5.56. The summed E-state index contributed by atoms with van der Waals surface area (Å²) in [6.45, 7) is 3.89. The quantitative estimate of drug-likeness (QED) is 0.794. The lowest BCUT2D eigenvalue weighted by Gasteiger charge is -2.28. The molecule has 1 aliphatic heterocycles. The highest BCUT2D eigenvalue weighted by atomic mass is 35.5. The van der Waals surface area contributed by atoms with Crippen molar-refractivity contribution in [3.8, 4) is 11.5 Å². The highest BCUT2D eigenvalue weighted by Gasteiger charge is 2.33. The molecule has 0 spiro atoms. The van der Waals surface area contributed by atoms with Gasteiger partial charge in [0.1, 0.15) is 0 Å². The van der Waals surface area contributed by atoms with Gasteiger partial charge >= 0.3 is 12.0 Å². The number of benzene rings is 1. The first-order chi connectivity index (χ1) is 11.4. The van der Waals surface area contributed by atoms with E-state index in [4.69, 9.17) is 25.8 Å². The van der Waals surface area contributed by atoms with Crippen LogP contribution in [0.15, 0.2) is 23.4 Å². The van der Waals surface area contributed by atoms with Crippen molar-refractivity contribution in [3.05, 3.63) is 34.0 Å². The van der Waals surface area contributed by atoms with Crippen LogP contribution < -0.4 is 20.1 Å². The van der Waals surface area contributed by atoms with Crippen LogP contribution in [0.2, 0.25) is 5.02 Å². The number of nitrogens with one attached hydrogen (secondary N) is 2. The standard InChI is InChI=1S/C16H19ClN2O5/c1-5-24-12-6-9(10(17)7-11(12)22-3)14-13(15(20)23-4)8(2)18-16(21)19-14/h6-7,14H,5H2,1-4H3,(H2,18,19,21). The van der Waals surface area contributed by atoms with Gasteiger partial charge < -0.3 is 24.8 Å². The van der Waals surface area contributed by atoms with E-state index in [1.54, 1.807) is 19.1 Å². The number of hydrogen-bond acceptors (Lipinski definition) is 5. The zero-order valence-electron chi connectivity index (χ0n) is 13.9. The van der Waals surface area contributed by atoms with Crippen LogP contribution in [0.25, 0.3) is 0 Å². The zero-order chi connectivity index (χ0) is 17.9. The summed E-state index contributed by atoms with van der Waals surface area (Å²) in [6, 6.07) is 2.04. The predicted octanol–water partition coefficient (Wildman–Crippen LogP) is 2.55. The number of urea groups is 1. The van der Waals surface area contributed by atoms with Crippen molar-refractivity contribution in [1.29, 1.82) is 0 Å². The van der Waals surface area contributed by atoms with Crippen molar-refractivity contribution >= 4 is 23.6 Å². The van der Waals surface area contributed by atoms with Crippen molar-refractivity contribution in [2.75, 3.05) is 20.8 Å². The van der Waals surface area contributed by atoms with Crippen LogP contribution in [0.1, 0.15) is 25.5 Å². The fourth-order valence-electron chi connectivity index (χ4n) is 2.51. The maximum atomic E-state index is 12.1. The molecule has 1 aliphatic rings. The molecule has 130 valence electrons. The van der Waals surface area contributed by atoms with Crippen LogP contribution in [-0.2, 0) is 9.53 Å². The minimum atomic E-state index is -0.760. The van der Waals surface area contributed by atoms with Gasteiger partial charge in [0, 0.05) is 17.3 Å². The van der Waals surface area contributed by atoms with Gasteiger partial charge in [0.05, 0.1) is 37.5 Å². The predicted molar refractivity (Wildman–Crippen MR) is 88.3 cm³/mol. The van der Waals surface area contributed by atoms with Crippen LogP contribution >= 0.6 is 11.6 Å². The average molecular weight is 355 g/mol. The Labute approximate surface area is 144 Å². The lowest BCUT2D eigenvalue weighted by molar-refractivity contribution is -0.136. The minimum Gasteiger partial charge on any atom is -0.493 e. The fourth-order valence-corrected chi connectivity index (χ4v) is 2.77. The SMILES string of the molecule is CCOc1cc(C2NC(=O)NC(C)=C2C(=O)OC)c(Cl)cc1OC. The summed E-state index contributed by atoms with van der Waals surface area (Å²) in [4.78, 5) is 24.0. The van der Waals surface area contributed by atoms with Gasteiger partial charge in [-0.15, -0.1) is 0 Å². The molecule has 0 aromatic heterocycles. The number of hydrogen-bond donors (Lipinski definition) is 2. The molecule has 0 saturated carbocycles. The van der Waals surface area contributed by atoms with Crippen molar-refractivity contribution in [3.63, 3.8) is 0 Å². The second kappa shape index (κ2) is 7.44. The van der Waals surface area contributed by atoms with E-state index in [2.05, 4.69) is 10.6 Å². The monoisotopic (exact) mass is 354 g/mol. The van der Waals surface area contributed by atoms with Gasteiger partial charge in [-0.05, 0) is 19.9 Å². The second-order valence-electron chi connectivity index (χ2n) is 5.02. The molecule has 0 aliphatic carbocycles. The molecular formula is C16H19ClN2O5. The molecule has 1 heterocycles. The summed E-state index contributed by atoms with van der Waals surface area (Å²) in [7, 11) is 2.78. The van der Waals surface area contributed by atoms with Crippen molar-refractivity contribution in [2.24, 2.45) is 0 Å². The molecule has 0 fully saturated rings. The summed E-state index contributed by atoms with van der Waals surface area (Å²) in [5.41, 5.74) is 1.18. The van der Waals surface area contributed by atoms with Gasteiger partial charge in [0.15, 0.2) is 11.5 Å². The van der Waals surface area contributed by atoms with Crippen LogP contribution in [0, 0.1) is 0 Å². The van der Waals surface area contributed by atoms with E-state index in [1.165, 1.54) is 14.2 Å². The summed E-state index contributed by atoms with van der Waals surface area (Å²) in [6.07, 6.45) is 0. The lowest BCUT2D eigenvalue weighted by Crippen LogP contribution is -2.45. The Bertz CT molecular complexity index is 702. The largest absolute Gasteiger partial charge is 0.493 e. The Balaban J connectivity index is 2.59. The third-order valence-electron chi connectivity index (χ3n) is 3.57. The van der Waals surface area contributed by atoms with Crippen molar-refractivity contribution in [1.82, 2.24) is 10.6 Å². The Hall–Kier alpha value is -2.41. The number of methoxy groups -OCH3 is 2. The first-order valence-electron chi connectivity index (χ1n) is 7.29. The van der Waals surface area contributed by atoms with E-state index in [-0.39, 0.29) is 5.57 Å². The first kappa shape index (κ1) is 17.9. The highest BCUT2D eigenvalue weighted by Crippen LogP contribution is 2.39. The summed E-state index contributed by atoms with van der Waals surface area (Å²) in [5, 5.41) is 5.57. The van der Waals surface area contributed by atoms with Crippen LogP contribution in [0.3, 0.4) is 0 Å². The number of esters is 1. The number of halogens is 1. The van der Waals surface area contributed by atoms with Gasteiger partial charge in [0.2, 0.25) is 0 Å². The zero-order valence-corrected chi connectivity index (χ0v) is 14.6.